The van der Waals surface area contributed by atoms with Crippen molar-refractivity contribution in [3.05, 3.63) is 23.4 Å². The van der Waals surface area contributed by atoms with E-state index < -0.39 is 8.80 Å². The third-order valence-corrected chi connectivity index (χ3v) is 6.11. The summed E-state index contributed by atoms with van der Waals surface area (Å²) in [6, 6.07) is 0. The molecule has 1 aliphatic carbocycles. The maximum absolute atomic E-state index is 5.84. The average Bonchev–Trinajstić information content (AvgIpc) is 2.43. The van der Waals surface area contributed by atoms with E-state index in [1.54, 1.807) is 21.3 Å². The van der Waals surface area contributed by atoms with Gasteiger partial charge in [-0.15, -0.1) is 0 Å². The third kappa shape index (κ3) is 2.92. The molecule has 0 aromatic rings. The zero-order chi connectivity index (χ0) is 13.6. The molecule has 5 heteroatoms. The molecule has 1 atom stereocenters. The van der Waals surface area contributed by atoms with E-state index in [2.05, 4.69) is 19.1 Å². The molecule has 1 rings (SSSR count). The van der Waals surface area contributed by atoms with E-state index in [0.29, 0.717) is 6.61 Å². The number of rotatable bonds is 7. The lowest BCUT2D eigenvalue weighted by Gasteiger charge is -2.34. The van der Waals surface area contributed by atoms with E-state index in [-0.39, 0.29) is 5.60 Å². The molecule has 0 saturated heterocycles. The highest BCUT2D eigenvalue weighted by Gasteiger charge is 2.43. The van der Waals surface area contributed by atoms with Gasteiger partial charge in [0.2, 0.25) is 0 Å². The second kappa shape index (κ2) is 6.63. The van der Waals surface area contributed by atoms with Crippen molar-refractivity contribution < 1.29 is 18.0 Å². The Morgan fingerprint density at radius 2 is 1.78 bits per heavy atom. The van der Waals surface area contributed by atoms with Crippen molar-refractivity contribution in [2.45, 2.75) is 32.3 Å². The summed E-state index contributed by atoms with van der Waals surface area (Å²) in [5, 5.41) is 0.999. The highest BCUT2D eigenvalue weighted by molar-refractivity contribution is 6.69. The maximum Gasteiger partial charge on any atom is 0.536 e. The average molecular weight is 272 g/mol. The molecule has 0 radical (unpaired) electrons. The van der Waals surface area contributed by atoms with Gasteiger partial charge < -0.3 is 18.0 Å². The van der Waals surface area contributed by atoms with Crippen molar-refractivity contribution in [2.24, 2.45) is 0 Å². The summed E-state index contributed by atoms with van der Waals surface area (Å²) in [5.74, 6) is 0. The van der Waals surface area contributed by atoms with Crippen molar-refractivity contribution in [2.75, 3.05) is 27.9 Å². The van der Waals surface area contributed by atoms with E-state index in [9.17, 15) is 0 Å². The fourth-order valence-electron chi connectivity index (χ4n) is 2.25. The Balaban J connectivity index is 2.90. The fraction of sp³-hybridized carbons (Fsp3) is 0.692. The molecule has 0 bridgehead atoms. The van der Waals surface area contributed by atoms with E-state index in [1.807, 2.05) is 13.0 Å². The zero-order valence-corrected chi connectivity index (χ0v) is 13.0. The van der Waals surface area contributed by atoms with Crippen LogP contribution >= 0.6 is 0 Å². The minimum Gasteiger partial charge on any atom is -0.373 e. The quantitative estimate of drug-likeness (QED) is 0.667. The van der Waals surface area contributed by atoms with Crippen molar-refractivity contribution >= 4 is 8.80 Å². The molecule has 0 fully saturated rings. The molecule has 0 N–H and O–H groups in total. The van der Waals surface area contributed by atoms with Crippen LogP contribution in [0.2, 0.25) is 0 Å². The number of ether oxygens (including phenoxy) is 1. The molecule has 4 nitrogen and oxygen atoms in total. The van der Waals surface area contributed by atoms with Crippen LogP contribution < -0.4 is 0 Å². The van der Waals surface area contributed by atoms with Gasteiger partial charge in [-0.2, -0.15) is 0 Å². The number of hydrogen-bond donors (Lipinski definition) is 0. The van der Waals surface area contributed by atoms with Crippen molar-refractivity contribution in [1.29, 1.82) is 0 Å². The molecule has 18 heavy (non-hydrogen) atoms. The van der Waals surface area contributed by atoms with Crippen LogP contribution in [0.3, 0.4) is 0 Å². The predicted molar refractivity (Wildman–Crippen MR) is 73.3 cm³/mol. The second-order valence-corrected chi connectivity index (χ2v) is 7.13. The van der Waals surface area contributed by atoms with Gasteiger partial charge in [-0.3, -0.25) is 0 Å². The number of hydrogen-bond acceptors (Lipinski definition) is 4. The summed E-state index contributed by atoms with van der Waals surface area (Å²) in [5.41, 5.74) is -0.187. The summed E-state index contributed by atoms with van der Waals surface area (Å²) in [7, 11) is 2.17. The first-order valence-corrected chi connectivity index (χ1v) is 8.03. The fourth-order valence-corrected chi connectivity index (χ4v) is 4.10. The lowest BCUT2D eigenvalue weighted by Crippen LogP contribution is -2.46. The summed E-state index contributed by atoms with van der Waals surface area (Å²) in [6.45, 7) is 4.86. The Morgan fingerprint density at radius 3 is 2.11 bits per heavy atom. The first-order chi connectivity index (χ1) is 8.62. The molecule has 0 aromatic carbocycles. The van der Waals surface area contributed by atoms with Crippen molar-refractivity contribution in [1.82, 2.24) is 0 Å². The van der Waals surface area contributed by atoms with E-state index in [0.717, 1.165) is 18.0 Å². The van der Waals surface area contributed by atoms with Crippen LogP contribution in [0.15, 0.2) is 23.4 Å². The number of allylic oxidation sites excluding steroid dienone is 2. The zero-order valence-electron chi connectivity index (χ0n) is 12.0. The molecule has 0 spiro atoms. The minimum atomic E-state index is -2.70. The van der Waals surface area contributed by atoms with Crippen molar-refractivity contribution in [3.63, 3.8) is 0 Å². The summed E-state index contributed by atoms with van der Waals surface area (Å²) < 4.78 is 22.3. The van der Waals surface area contributed by atoms with Crippen LogP contribution in [0, 0.1) is 0 Å². The highest BCUT2D eigenvalue weighted by Crippen LogP contribution is 2.32. The predicted octanol–water partition coefficient (Wildman–Crippen LogP) is 2.48. The van der Waals surface area contributed by atoms with Gasteiger partial charge in [0.05, 0.1) is 5.60 Å². The first-order valence-electron chi connectivity index (χ1n) is 6.31. The van der Waals surface area contributed by atoms with Gasteiger partial charge >= 0.3 is 8.80 Å². The molecule has 0 heterocycles. The van der Waals surface area contributed by atoms with Gasteiger partial charge in [0, 0.05) is 33.1 Å². The Bertz CT molecular complexity index is 315. The summed E-state index contributed by atoms with van der Waals surface area (Å²) in [4.78, 5) is 0. The van der Waals surface area contributed by atoms with Crippen LogP contribution in [0.4, 0.5) is 0 Å². The van der Waals surface area contributed by atoms with E-state index in [1.165, 1.54) is 0 Å². The molecule has 0 aromatic heterocycles. The monoisotopic (exact) mass is 272 g/mol. The Morgan fingerprint density at radius 1 is 1.17 bits per heavy atom. The van der Waals surface area contributed by atoms with Crippen LogP contribution in [0.25, 0.3) is 0 Å². The molecule has 1 aliphatic rings. The molecule has 1 unspecified atom stereocenters. The van der Waals surface area contributed by atoms with Gasteiger partial charge in [-0.05, 0) is 19.8 Å². The smallest absolute Gasteiger partial charge is 0.373 e. The summed E-state index contributed by atoms with van der Waals surface area (Å²) in [6.07, 6.45) is 8.01. The minimum absolute atomic E-state index is 0.187. The Kier molecular flexibility index (Phi) is 5.74. The maximum atomic E-state index is 5.84. The second-order valence-electron chi connectivity index (χ2n) is 4.22. The first kappa shape index (κ1) is 15.6. The van der Waals surface area contributed by atoms with Crippen LogP contribution in [-0.2, 0) is 18.0 Å². The van der Waals surface area contributed by atoms with Crippen LogP contribution in [0.5, 0.6) is 0 Å². The molecule has 0 amide bonds. The normalized spacial score (nSPS) is 24.2. The summed E-state index contributed by atoms with van der Waals surface area (Å²) >= 11 is 0. The third-order valence-electron chi connectivity index (χ3n) is 3.42. The van der Waals surface area contributed by atoms with E-state index >= 15 is 0 Å². The van der Waals surface area contributed by atoms with Crippen molar-refractivity contribution in [3.8, 4) is 0 Å². The highest BCUT2D eigenvalue weighted by atomic mass is 28.4. The molecular formula is C13H24O4Si. The van der Waals surface area contributed by atoms with Gasteiger partial charge in [0.15, 0.2) is 0 Å². The molecule has 0 saturated carbocycles. The SMILES string of the molecule is CCOC1(CC)C=CC([Si](OC)(OC)OC)=CC1. The topological polar surface area (TPSA) is 36.9 Å². The van der Waals surface area contributed by atoms with Crippen LogP contribution in [-0.4, -0.2) is 42.3 Å². The Labute approximate surface area is 111 Å². The van der Waals surface area contributed by atoms with Gasteiger partial charge in [0.25, 0.3) is 0 Å². The lowest BCUT2D eigenvalue weighted by atomic mass is 9.92. The van der Waals surface area contributed by atoms with Gasteiger partial charge in [-0.1, -0.05) is 25.2 Å². The largest absolute Gasteiger partial charge is 0.536 e. The molecule has 0 aliphatic heterocycles. The molecule has 104 valence electrons. The van der Waals surface area contributed by atoms with Crippen LogP contribution in [0.1, 0.15) is 26.7 Å². The molecular weight excluding hydrogens is 248 g/mol. The lowest BCUT2D eigenvalue weighted by molar-refractivity contribution is -0.00257. The van der Waals surface area contributed by atoms with E-state index in [4.69, 9.17) is 18.0 Å². The standard InChI is InChI=1S/C13H24O4Si/c1-6-13(17-7-2)10-8-12(9-11-13)18(14-3,15-4)16-5/h8-10H,6-7,11H2,1-5H3. The Hall–Kier alpha value is -0.463. The van der Waals surface area contributed by atoms with Gasteiger partial charge in [0.1, 0.15) is 0 Å². The van der Waals surface area contributed by atoms with Gasteiger partial charge in [-0.25, -0.2) is 0 Å².